The van der Waals surface area contributed by atoms with Gasteiger partial charge in [-0.25, -0.2) is 9.40 Å². The van der Waals surface area contributed by atoms with Crippen molar-refractivity contribution in [3.05, 3.63) is 70.5 Å². The molecule has 7 nitrogen and oxygen atoms in total. The summed E-state index contributed by atoms with van der Waals surface area (Å²) in [7, 11) is 0. The number of ether oxygens (including phenoxy) is 1. The summed E-state index contributed by atoms with van der Waals surface area (Å²) in [5.74, 6) is -0.810. The lowest BCUT2D eigenvalue weighted by Gasteiger charge is -2.35. The highest BCUT2D eigenvalue weighted by molar-refractivity contribution is 6.39. The van der Waals surface area contributed by atoms with Crippen LogP contribution in [0.2, 0.25) is 5.02 Å². The lowest BCUT2D eigenvalue weighted by molar-refractivity contribution is -0.132. The van der Waals surface area contributed by atoms with Crippen molar-refractivity contribution in [2.24, 2.45) is 5.10 Å². The number of rotatable bonds is 7. The van der Waals surface area contributed by atoms with Gasteiger partial charge in [0.05, 0.1) is 25.8 Å². The Labute approximate surface area is 197 Å². The van der Waals surface area contributed by atoms with Gasteiger partial charge in [0.15, 0.2) is 0 Å². The minimum atomic E-state index is -0.346. The van der Waals surface area contributed by atoms with Gasteiger partial charge in [0.2, 0.25) is 5.91 Å². The molecule has 0 aromatic heterocycles. The standard InChI is InChI=1S/C24H26ClFN4O3/c25-19-3-1-2-18(14-19)22(29-10-12-33-13-11-29)15-27-24(32)21-8-9-23(31)30(28-21)16-17-4-6-20(26)7-5-17/h1-7,14,22H,8-13,15-16H2,(H,27,32). The van der Waals surface area contributed by atoms with Crippen LogP contribution in [0.3, 0.4) is 0 Å². The Morgan fingerprint density at radius 1 is 1.15 bits per heavy atom. The molecule has 2 amide bonds. The first kappa shape index (κ1) is 23.4. The molecule has 2 aromatic carbocycles. The number of carbonyl (C=O) groups excluding carboxylic acids is 2. The Bertz CT molecular complexity index is 1020. The fourth-order valence-electron chi connectivity index (χ4n) is 4.00. The van der Waals surface area contributed by atoms with Crippen molar-refractivity contribution in [3.63, 3.8) is 0 Å². The van der Waals surface area contributed by atoms with E-state index in [9.17, 15) is 14.0 Å². The quantitative estimate of drug-likeness (QED) is 0.671. The van der Waals surface area contributed by atoms with Gasteiger partial charge in [-0.2, -0.15) is 5.10 Å². The number of benzene rings is 2. The SMILES string of the molecule is O=C(NCC(c1cccc(Cl)c1)N1CCOCC1)C1=NN(Cc2ccc(F)cc2)C(=O)CC1. The lowest BCUT2D eigenvalue weighted by atomic mass is 10.0. The fraction of sp³-hybridized carbons (Fsp3) is 0.375. The van der Waals surface area contributed by atoms with Crippen LogP contribution in [0.4, 0.5) is 4.39 Å². The second-order valence-corrected chi connectivity index (χ2v) is 8.49. The Morgan fingerprint density at radius 2 is 1.91 bits per heavy atom. The molecule has 9 heteroatoms. The zero-order valence-corrected chi connectivity index (χ0v) is 18.9. The summed E-state index contributed by atoms with van der Waals surface area (Å²) in [6.45, 7) is 3.36. The normalized spacial score (nSPS) is 18.1. The van der Waals surface area contributed by atoms with Gasteiger partial charge in [0.1, 0.15) is 11.5 Å². The molecule has 174 valence electrons. The number of morpholine rings is 1. The van der Waals surface area contributed by atoms with E-state index in [0.29, 0.717) is 30.5 Å². The molecule has 1 unspecified atom stereocenters. The first-order valence-corrected chi connectivity index (χ1v) is 11.3. The van der Waals surface area contributed by atoms with Gasteiger partial charge < -0.3 is 10.1 Å². The van der Waals surface area contributed by atoms with Crippen LogP contribution in [-0.4, -0.2) is 60.3 Å². The second kappa shape index (κ2) is 10.9. The molecule has 0 aliphatic carbocycles. The number of halogens is 2. The maximum Gasteiger partial charge on any atom is 0.267 e. The minimum absolute atomic E-state index is 0.0577. The van der Waals surface area contributed by atoms with Crippen LogP contribution in [0.1, 0.15) is 30.0 Å². The van der Waals surface area contributed by atoms with Gasteiger partial charge in [-0.1, -0.05) is 35.9 Å². The summed E-state index contributed by atoms with van der Waals surface area (Å²) < 4.78 is 18.6. The Kier molecular flexibility index (Phi) is 7.69. The van der Waals surface area contributed by atoms with E-state index in [1.54, 1.807) is 12.1 Å². The largest absolute Gasteiger partial charge is 0.379 e. The van der Waals surface area contributed by atoms with Crippen LogP contribution in [0, 0.1) is 5.82 Å². The van der Waals surface area contributed by atoms with E-state index in [4.69, 9.17) is 16.3 Å². The molecule has 0 bridgehead atoms. The molecule has 1 saturated heterocycles. The van der Waals surface area contributed by atoms with Gasteiger partial charge >= 0.3 is 0 Å². The molecule has 1 N–H and O–H groups in total. The average Bonchev–Trinajstić information content (AvgIpc) is 2.83. The lowest BCUT2D eigenvalue weighted by Crippen LogP contribution is -2.45. The molecule has 2 aliphatic rings. The smallest absolute Gasteiger partial charge is 0.267 e. The van der Waals surface area contributed by atoms with Crippen molar-refractivity contribution in [1.82, 2.24) is 15.2 Å². The van der Waals surface area contributed by atoms with E-state index in [0.717, 1.165) is 24.2 Å². The second-order valence-electron chi connectivity index (χ2n) is 8.05. The molecule has 2 heterocycles. The molecule has 33 heavy (non-hydrogen) atoms. The summed E-state index contributed by atoms with van der Waals surface area (Å²) in [6.07, 6.45) is 0.485. The summed E-state index contributed by atoms with van der Waals surface area (Å²) in [4.78, 5) is 27.5. The predicted octanol–water partition coefficient (Wildman–Crippen LogP) is 3.15. The van der Waals surface area contributed by atoms with Crippen LogP contribution >= 0.6 is 11.6 Å². The number of carbonyl (C=O) groups is 2. The van der Waals surface area contributed by atoms with Crippen LogP contribution < -0.4 is 5.32 Å². The molecule has 4 rings (SSSR count). The average molecular weight is 473 g/mol. The number of hydrogen-bond acceptors (Lipinski definition) is 5. The van der Waals surface area contributed by atoms with Gasteiger partial charge in [-0.05, 0) is 35.4 Å². The summed E-state index contributed by atoms with van der Waals surface area (Å²) in [5, 5.41) is 9.21. The highest BCUT2D eigenvalue weighted by Crippen LogP contribution is 2.24. The van der Waals surface area contributed by atoms with E-state index >= 15 is 0 Å². The third-order valence-electron chi connectivity index (χ3n) is 5.79. The van der Waals surface area contributed by atoms with Crippen molar-refractivity contribution >= 4 is 29.1 Å². The van der Waals surface area contributed by atoms with Crippen molar-refractivity contribution in [2.45, 2.75) is 25.4 Å². The third-order valence-corrected chi connectivity index (χ3v) is 6.02. The number of hydrogen-bond donors (Lipinski definition) is 1. The maximum atomic E-state index is 13.2. The molecule has 1 atom stereocenters. The summed E-state index contributed by atoms with van der Waals surface area (Å²) >= 11 is 6.21. The number of nitrogens with zero attached hydrogens (tertiary/aromatic N) is 3. The van der Waals surface area contributed by atoms with Crippen LogP contribution in [0.5, 0.6) is 0 Å². The Morgan fingerprint density at radius 3 is 2.64 bits per heavy atom. The zero-order valence-electron chi connectivity index (χ0n) is 18.2. The van der Waals surface area contributed by atoms with E-state index in [1.807, 2.05) is 24.3 Å². The third kappa shape index (κ3) is 6.16. The molecule has 1 fully saturated rings. The minimum Gasteiger partial charge on any atom is -0.379 e. The maximum absolute atomic E-state index is 13.2. The van der Waals surface area contributed by atoms with Crippen molar-refractivity contribution in [2.75, 3.05) is 32.8 Å². The highest BCUT2D eigenvalue weighted by atomic mass is 35.5. The summed E-state index contributed by atoms with van der Waals surface area (Å²) in [6, 6.07) is 13.5. The monoisotopic (exact) mass is 472 g/mol. The number of amides is 2. The summed E-state index contributed by atoms with van der Waals surface area (Å²) in [5.41, 5.74) is 2.07. The van der Waals surface area contributed by atoms with E-state index in [-0.39, 0.29) is 43.1 Å². The van der Waals surface area contributed by atoms with Crippen LogP contribution in [0.15, 0.2) is 53.6 Å². The van der Waals surface area contributed by atoms with Crippen molar-refractivity contribution in [3.8, 4) is 0 Å². The van der Waals surface area contributed by atoms with Gasteiger partial charge in [-0.15, -0.1) is 0 Å². The van der Waals surface area contributed by atoms with Gasteiger partial charge in [-0.3, -0.25) is 14.5 Å². The zero-order chi connectivity index (χ0) is 23.2. The van der Waals surface area contributed by atoms with Crippen LogP contribution in [-0.2, 0) is 20.9 Å². The van der Waals surface area contributed by atoms with E-state index in [2.05, 4.69) is 15.3 Å². The Hall–Kier alpha value is -2.81. The molecule has 0 saturated carbocycles. The Balaban J connectivity index is 1.44. The van der Waals surface area contributed by atoms with Crippen molar-refractivity contribution < 1.29 is 18.7 Å². The fourth-order valence-corrected chi connectivity index (χ4v) is 4.20. The number of hydrazone groups is 1. The highest BCUT2D eigenvalue weighted by Gasteiger charge is 2.27. The topological polar surface area (TPSA) is 74.2 Å². The van der Waals surface area contributed by atoms with E-state index in [1.165, 1.54) is 17.1 Å². The first-order valence-electron chi connectivity index (χ1n) is 11.0. The van der Waals surface area contributed by atoms with E-state index < -0.39 is 0 Å². The molecule has 0 radical (unpaired) electrons. The molecular weight excluding hydrogens is 447 g/mol. The molecular formula is C24H26ClFN4O3. The van der Waals surface area contributed by atoms with Gasteiger partial charge in [0, 0.05) is 37.5 Å². The predicted molar refractivity (Wildman–Crippen MR) is 123 cm³/mol. The van der Waals surface area contributed by atoms with Gasteiger partial charge in [0.25, 0.3) is 5.91 Å². The van der Waals surface area contributed by atoms with Crippen LogP contribution in [0.25, 0.3) is 0 Å². The molecule has 0 spiro atoms. The van der Waals surface area contributed by atoms with Crippen molar-refractivity contribution in [1.29, 1.82) is 0 Å². The first-order chi connectivity index (χ1) is 16.0. The molecule has 2 aromatic rings. The number of nitrogens with one attached hydrogen (secondary N) is 1. The molecule has 2 aliphatic heterocycles.